The Balaban J connectivity index is 0.986. The first-order valence-corrected chi connectivity index (χ1v) is 25.8. The molecule has 2 unspecified atom stereocenters. The molecule has 0 aliphatic carbocycles. The Bertz CT molecular complexity index is 2780. The SMILES string of the molecule is CNC(Cc1ccc(NC(=O)CNC(=O)C(Cc2ccccc2)NC(=O)CNC(=O)CNC(=O)CC(C)(C)COCC(C)(C)CNC(=O)CCC(=O)N2Cc3ccccc3C#Cc3ccccc32)cc1)CC(C)(C)C(=O)O. The molecular formula is C59H74N8O10. The summed E-state index contributed by atoms with van der Waals surface area (Å²) in [7, 11) is 1.78. The van der Waals surface area contributed by atoms with Crippen molar-refractivity contribution in [1.29, 1.82) is 0 Å². The molecule has 1 aliphatic rings. The molecule has 0 saturated carbocycles. The van der Waals surface area contributed by atoms with Crippen LogP contribution in [0.4, 0.5) is 11.4 Å². The van der Waals surface area contributed by atoms with Gasteiger partial charge in [-0.3, -0.25) is 38.4 Å². The molecule has 4 aromatic carbocycles. The summed E-state index contributed by atoms with van der Waals surface area (Å²) in [5.41, 5.74) is 3.40. The highest BCUT2D eigenvalue weighted by Gasteiger charge is 2.31. The minimum Gasteiger partial charge on any atom is -0.481 e. The maximum Gasteiger partial charge on any atom is 0.309 e. The molecule has 5 rings (SSSR count). The van der Waals surface area contributed by atoms with Crippen LogP contribution in [0.2, 0.25) is 0 Å². The first kappa shape index (κ1) is 60.0. The van der Waals surface area contributed by atoms with E-state index in [1.165, 1.54) is 0 Å². The van der Waals surface area contributed by atoms with Gasteiger partial charge in [-0.25, -0.2) is 0 Å². The lowest BCUT2D eigenvalue weighted by Crippen LogP contribution is -2.52. The minimum absolute atomic E-state index is 0.00507. The molecule has 410 valence electrons. The van der Waals surface area contributed by atoms with E-state index < -0.39 is 70.9 Å². The van der Waals surface area contributed by atoms with Gasteiger partial charge in [0.2, 0.25) is 41.4 Å². The van der Waals surface area contributed by atoms with Gasteiger partial charge in [-0.2, -0.15) is 0 Å². The summed E-state index contributed by atoms with van der Waals surface area (Å²) >= 11 is 0. The Morgan fingerprint density at radius 1 is 0.623 bits per heavy atom. The van der Waals surface area contributed by atoms with Crippen LogP contribution in [0.3, 0.4) is 0 Å². The average molecular weight is 1060 g/mol. The summed E-state index contributed by atoms with van der Waals surface area (Å²) in [5.74, 6) is 2.24. The number of para-hydroxylation sites is 1. The molecule has 0 radical (unpaired) electrons. The fraction of sp³-hybridized carbons (Fsp3) is 0.424. The average Bonchev–Trinajstić information content (AvgIpc) is 3.39. The van der Waals surface area contributed by atoms with Crippen molar-refractivity contribution in [2.45, 2.75) is 98.7 Å². The predicted octanol–water partition coefficient (Wildman–Crippen LogP) is 4.63. The molecule has 18 nitrogen and oxygen atoms in total. The van der Waals surface area contributed by atoms with Crippen LogP contribution in [0.25, 0.3) is 0 Å². The van der Waals surface area contributed by atoms with Gasteiger partial charge in [-0.1, -0.05) is 112 Å². The number of ether oxygens (including phenoxy) is 1. The van der Waals surface area contributed by atoms with Gasteiger partial charge in [0.25, 0.3) is 0 Å². The third kappa shape index (κ3) is 20.3. The second-order valence-electron chi connectivity index (χ2n) is 21.6. The lowest BCUT2D eigenvalue weighted by Gasteiger charge is -2.29. The number of carboxylic acid groups (broad SMARTS) is 1. The Morgan fingerprint density at radius 3 is 1.92 bits per heavy atom. The molecule has 2 atom stereocenters. The number of amides is 7. The van der Waals surface area contributed by atoms with Crippen LogP contribution in [-0.4, -0.2) is 111 Å². The number of likely N-dealkylation sites (N-methyl/N-ethyl adjacent to an activating group) is 1. The third-order valence-electron chi connectivity index (χ3n) is 12.8. The van der Waals surface area contributed by atoms with Crippen molar-refractivity contribution in [3.05, 3.63) is 131 Å². The Labute approximate surface area is 451 Å². The highest BCUT2D eigenvalue weighted by atomic mass is 16.5. The normalized spacial score (nSPS) is 12.8. The van der Waals surface area contributed by atoms with E-state index in [-0.39, 0.29) is 63.3 Å². The molecule has 0 saturated heterocycles. The van der Waals surface area contributed by atoms with Gasteiger partial charge in [0.05, 0.1) is 50.5 Å². The molecule has 0 bridgehead atoms. The van der Waals surface area contributed by atoms with Crippen LogP contribution in [0.15, 0.2) is 103 Å². The molecule has 1 aliphatic heterocycles. The third-order valence-corrected chi connectivity index (χ3v) is 12.8. The van der Waals surface area contributed by atoms with Crippen molar-refractivity contribution < 1.29 is 48.2 Å². The summed E-state index contributed by atoms with van der Waals surface area (Å²) in [6.07, 6.45) is 1.14. The number of hydrogen-bond acceptors (Lipinski definition) is 10. The number of carboxylic acids is 1. The zero-order chi connectivity index (χ0) is 56.2. The van der Waals surface area contributed by atoms with Gasteiger partial charge in [0.1, 0.15) is 6.04 Å². The lowest BCUT2D eigenvalue weighted by molar-refractivity contribution is -0.147. The van der Waals surface area contributed by atoms with Crippen molar-refractivity contribution >= 4 is 58.7 Å². The molecule has 0 fully saturated rings. The van der Waals surface area contributed by atoms with E-state index in [0.717, 1.165) is 27.8 Å². The largest absolute Gasteiger partial charge is 0.481 e. The second-order valence-corrected chi connectivity index (χ2v) is 21.6. The van der Waals surface area contributed by atoms with Crippen LogP contribution >= 0.6 is 0 Å². The van der Waals surface area contributed by atoms with Crippen molar-refractivity contribution in [2.75, 3.05) is 56.7 Å². The summed E-state index contributed by atoms with van der Waals surface area (Å²) in [6.45, 7) is 10.8. The van der Waals surface area contributed by atoms with Crippen LogP contribution in [0.5, 0.6) is 0 Å². The Morgan fingerprint density at radius 2 is 1.22 bits per heavy atom. The van der Waals surface area contributed by atoms with Crippen LogP contribution in [-0.2, 0) is 62.5 Å². The molecule has 1 heterocycles. The molecule has 7 amide bonds. The smallest absolute Gasteiger partial charge is 0.309 e. The summed E-state index contributed by atoms with van der Waals surface area (Å²) in [4.78, 5) is 105. The minimum atomic E-state index is -1.09. The topological polar surface area (TPSA) is 253 Å². The van der Waals surface area contributed by atoms with E-state index in [9.17, 15) is 43.5 Å². The van der Waals surface area contributed by atoms with Crippen LogP contribution in [0, 0.1) is 28.1 Å². The maximum absolute atomic E-state index is 13.6. The molecule has 8 N–H and O–H groups in total. The number of carbonyl (C=O) groups excluding carboxylic acids is 7. The van der Waals surface area contributed by atoms with E-state index in [1.807, 2.05) is 94.4 Å². The number of anilines is 2. The number of nitrogens with one attached hydrogen (secondary N) is 7. The summed E-state index contributed by atoms with van der Waals surface area (Å²) in [5, 5.41) is 28.6. The maximum atomic E-state index is 13.6. The lowest BCUT2D eigenvalue weighted by atomic mass is 9.84. The number of nitrogens with zero attached hydrogens (tertiary/aromatic N) is 1. The fourth-order valence-corrected chi connectivity index (χ4v) is 8.40. The van der Waals surface area contributed by atoms with Gasteiger partial charge in [-0.05, 0) is 86.2 Å². The van der Waals surface area contributed by atoms with Crippen molar-refractivity contribution in [3.63, 3.8) is 0 Å². The number of benzene rings is 4. The van der Waals surface area contributed by atoms with E-state index in [1.54, 1.807) is 62.2 Å². The second kappa shape index (κ2) is 28.3. The quantitative estimate of drug-likeness (QED) is 0.0364. The molecule has 0 spiro atoms. The molecule has 18 heteroatoms. The number of aliphatic carboxylic acids is 1. The van der Waals surface area contributed by atoms with Crippen LogP contribution < -0.4 is 42.1 Å². The summed E-state index contributed by atoms with van der Waals surface area (Å²) in [6, 6.07) is 30.1. The molecule has 77 heavy (non-hydrogen) atoms. The van der Waals surface area contributed by atoms with Gasteiger partial charge in [0, 0.05) is 60.5 Å². The Kier molecular flexibility index (Phi) is 22.1. The Hall–Kier alpha value is -7.88. The van der Waals surface area contributed by atoms with E-state index in [2.05, 4.69) is 49.1 Å². The number of rotatable bonds is 28. The predicted molar refractivity (Wildman–Crippen MR) is 294 cm³/mol. The van der Waals surface area contributed by atoms with Crippen molar-refractivity contribution in [2.24, 2.45) is 16.2 Å². The van der Waals surface area contributed by atoms with Crippen LogP contribution in [0.1, 0.15) is 95.0 Å². The zero-order valence-electron chi connectivity index (χ0n) is 45.2. The fourth-order valence-electron chi connectivity index (χ4n) is 8.40. The molecule has 4 aromatic rings. The van der Waals surface area contributed by atoms with E-state index in [4.69, 9.17) is 4.74 Å². The molecule has 0 aromatic heterocycles. The van der Waals surface area contributed by atoms with Crippen molar-refractivity contribution in [1.82, 2.24) is 31.9 Å². The first-order valence-electron chi connectivity index (χ1n) is 25.8. The van der Waals surface area contributed by atoms with Gasteiger partial charge in [0.15, 0.2) is 0 Å². The van der Waals surface area contributed by atoms with Crippen molar-refractivity contribution in [3.8, 4) is 11.8 Å². The van der Waals surface area contributed by atoms with E-state index >= 15 is 0 Å². The zero-order valence-corrected chi connectivity index (χ0v) is 45.2. The first-order chi connectivity index (χ1) is 36.5. The molecular weight excluding hydrogens is 981 g/mol. The monoisotopic (exact) mass is 1050 g/mol. The number of hydrogen-bond donors (Lipinski definition) is 8. The standard InChI is InChI=1S/C59H74N8O10/c1-57(2,38-77-39-58(3,4)37-64-49(68)27-28-54(73)67-36-44-19-12-11-17-42(44)23-24-43-18-13-14-20-48(43)67)32-50(69)61-33-51(70)62-34-53(72)66-47(30-40-15-9-8-10-16-40)55(74)63-35-52(71)65-45-25-21-41(22-26-45)29-46(60-7)31-59(5,6)56(75)76/h8-22,25-26,46-47,60H,27-39H2,1-7H3,(H,61,69)(H,62,70)(H,63,74)(H,64,68)(H,65,71)(H,66,72)(H,75,76). The summed E-state index contributed by atoms with van der Waals surface area (Å²) < 4.78 is 6.03. The number of carbonyl (C=O) groups is 8. The van der Waals surface area contributed by atoms with Gasteiger partial charge in [-0.15, -0.1) is 0 Å². The van der Waals surface area contributed by atoms with Gasteiger partial charge >= 0.3 is 5.97 Å². The van der Waals surface area contributed by atoms with E-state index in [0.29, 0.717) is 37.3 Å². The highest BCUT2D eigenvalue weighted by Crippen LogP contribution is 2.28. The highest BCUT2D eigenvalue weighted by molar-refractivity contribution is 5.98. The van der Waals surface area contributed by atoms with Gasteiger partial charge < -0.3 is 52.0 Å². The number of fused-ring (bicyclic) bond motifs is 2.